The third-order valence-corrected chi connectivity index (χ3v) is 6.54. The second kappa shape index (κ2) is 7.42. The van der Waals surface area contributed by atoms with Crippen molar-refractivity contribution in [1.82, 2.24) is 10.3 Å². The minimum absolute atomic E-state index is 0.0365. The molecule has 1 N–H and O–H groups in total. The second-order valence-corrected chi connectivity index (χ2v) is 8.32. The van der Waals surface area contributed by atoms with Crippen LogP contribution in [-0.2, 0) is 14.6 Å². The number of amides is 1. The molecule has 7 heteroatoms. The van der Waals surface area contributed by atoms with E-state index in [2.05, 4.69) is 10.3 Å². The average Bonchev–Trinajstić information content (AvgIpc) is 2.53. The van der Waals surface area contributed by atoms with E-state index in [-0.39, 0.29) is 10.0 Å². The third-order valence-electron chi connectivity index (χ3n) is 4.12. The Kier molecular flexibility index (Phi) is 5.81. The van der Waals surface area contributed by atoms with Crippen LogP contribution >= 0.6 is 11.6 Å². The summed E-state index contributed by atoms with van der Waals surface area (Å²) >= 11 is 5.88. The quantitative estimate of drug-likeness (QED) is 0.890. The van der Waals surface area contributed by atoms with Crippen molar-refractivity contribution in [2.45, 2.75) is 49.3 Å². The van der Waals surface area contributed by atoms with Crippen molar-refractivity contribution in [2.24, 2.45) is 5.92 Å². The Morgan fingerprint density at radius 2 is 2.09 bits per heavy atom. The Balaban J connectivity index is 2.01. The fraction of sp³-hybridized carbons (Fsp3) is 0.600. The van der Waals surface area contributed by atoms with Gasteiger partial charge in [-0.15, -0.1) is 0 Å². The molecule has 1 amide bonds. The molecule has 0 radical (unpaired) electrons. The van der Waals surface area contributed by atoms with E-state index in [9.17, 15) is 13.2 Å². The molecular weight excluding hydrogens is 324 g/mol. The fourth-order valence-electron chi connectivity index (χ4n) is 2.67. The van der Waals surface area contributed by atoms with Crippen LogP contribution < -0.4 is 5.32 Å². The van der Waals surface area contributed by atoms with Gasteiger partial charge in [-0.05, 0) is 37.8 Å². The normalized spacial score (nSPS) is 17.9. The van der Waals surface area contributed by atoms with E-state index in [1.165, 1.54) is 38.4 Å². The van der Waals surface area contributed by atoms with Crippen LogP contribution in [0.1, 0.15) is 39.0 Å². The molecule has 0 saturated heterocycles. The summed E-state index contributed by atoms with van der Waals surface area (Å²) in [6, 6.07) is 3.00. The molecule has 122 valence electrons. The van der Waals surface area contributed by atoms with Gasteiger partial charge in [0.15, 0.2) is 5.03 Å². The van der Waals surface area contributed by atoms with Gasteiger partial charge in [0.1, 0.15) is 5.25 Å². The number of nitrogens with zero attached hydrogens (tertiary/aromatic N) is 1. The first-order chi connectivity index (χ1) is 10.4. The zero-order valence-corrected chi connectivity index (χ0v) is 14.2. The maximum atomic E-state index is 12.4. The predicted octanol–water partition coefficient (Wildman–Crippen LogP) is 2.59. The number of hydrogen-bond donors (Lipinski definition) is 1. The number of pyridine rings is 1. The van der Waals surface area contributed by atoms with Gasteiger partial charge in [-0.3, -0.25) is 4.79 Å². The topological polar surface area (TPSA) is 76.1 Å². The second-order valence-electron chi connectivity index (χ2n) is 5.73. The Morgan fingerprint density at radius 3 is 2.73 bits per heavy atom. The van der Waals surface area contributed by atoms with E-state index < -0.39 is 21.0 Å². The fourth-order valence-corrected chi connectivity index (χ4v) is 4.36. The Hall–Kier alpha value is -1.14. The molecule has 0 spiro atoms. The molecule has 1 fully saturated rings. The Morgan fingerprint density at radius 1 is 1.41 bits per heavy atom. The molecule has 1 saturated carbocycles. The Bertz CT molecular complexity index is 627. The molecule has 2 rings (SSSR count). The summed E-state index contributed by atoms with van der Waals surface area (Å²) in [7, 11) is -3.88. The lowest BCUT2D eigenvalue weighted by atomic mass is 9.89. The van der Waals surface area contributed by atoms with Gasteiger partial charge in [-0.25, -0.2) is 13.4 Å². The van der Waals surface area contributed by atoms with E-state index in [0.717, 1.165) is 12.8 Å². The first kappa shape index (κ1) is 17.2. The van der Waals surface area contributed by atoms with E-state index >= 15 is 0 Å². The van der Waals surface area contributed by atoms with Crippen LogP contribution in [0.2, 0.25) is 5.02 Å². The minimum atomic E-state index is -3.88. The first-order valence-corrected chi connectivity index (χ1v) is 9.47. The zero-order valence-electron chi connectivity index (χ0n) is 12.6. The van der Waals surface area contributed by atoms with Crippen molar-refractivity contribution in [2.75, 3.05) is 6.54 Å². The smallest absolute Gasteiger partial charge is 0.238 e. The molecule has 0 aliphatic heterocycles. The number of carbonyl (C=O) groups is 1. The highest BCUT2D eigenvalue weighted by Crippen LogP contribution is 2.24. The summed E-state index contributed by atoms with van der Waals surface area (Å²) in [5, 5.41) is 1.35. The van der Waals surface area contributed by atoms with Gasteiger partial charge in [0.05, 0.1) is 5.02 Å². The molecule has 22 heavy (non-hydrogen) atoms. The van der Waals surface area contributed by atoms with Crippen LogP contribution in [0.5, 0.6) is 0 Å². The summed E-state index contributed by atoms with van der Waals surface area (Å²) in [5.41, 5.74) is 0. The number of aromatic nitrogens is 1. The SMILES string of the molecule is CC(C(=O)NCC1CCCCC1)S(=O)(=O)c1ncccc1Cl. The summed E-state index contributed by atoms with van der Waals surface area (Å²) in [5.74, 6) is -0.0432. The first-order valence-electron chi connectivity index (χ1n) is 7.55. The highest BCUT2D eigenvalue weighted by Gasteiger charge is 2.32. The lowest BCUT2D eigenvalue weighted by molar-refractivity contribution is -0.120. The van der Waals surface area contributed by atoms with Crippen molar-refractivity contribution in [3.05, 3.63) is 23.4 Å². The van der Waals surface area contributed by atoms with Crippen LogP contribution in [0.3, 0.4) is 0 Å². The summed E-state index contributed by atoms with van der Waals surface area (Å²) in [6.07, 6.45) is 7.13. The van der Waals surface area contributed by atoms with Gasteiger partial charge >= 0.3 is 0 Å². The largest absolute Gasteiger partial charge is 0.355 e. The van der Waals surface area contributed by atoms with Crippen molar-refractivity contribution in [3.63, 3.8) is 0 Å². The highest BCUT2D eigenvalue weighted by molar-refractivity contribution is 7.92. The number of carbonyl (C=O) groups excluding carboxylic acids is 1. The van der Waals surface area contributed by atoms with Crippen LogP contribution in [-0.4, -0.2) is 31.1 Å². The average molecular weight is 345 g/mol. The number of nitrogens with one attached hydrogen (secondary N) is 1. The lowest BCUT2D eigenvalue weighted by Crippen LogP contribution is -2.40. The van der Waals surface area contributed by atoms with Gasteiger partial charge in [-0.2, -0.15) is 0 Å². The monoisotopic (exact) mass is 344 g/mol. The van der Waals surface area contributed by atoms with Gasteiger partial charge in [-0.1, -0.05) is 30.9 Å². The van der Waals surface area contributed by atoms with Crippen LogP contribution in [0.4, 0.5) is 0 Å². The minimum Gasteiger partial charge on any atom is -0.355 e. The molecule has 1 aromatic rings. The molecule has 5 nitrogen and oxygen atoms in total. The third kappa shape index (κ3) is 3.98. The Labute approximate surface area is 136 Å². The van der Waals surface area contributed by atoms with E-state index in [0.29, 0.717) is 12.5 Å². The maximum absolute atomic E-state index is 12.4. The number of halogens is 1. The molecule has 1 unspecified atom stereocenters. The number of rotatable bonds is 5. The molecule has 1 aliphatic rings. The molecule has 0 aromatic carbocycles. The summed E-state index contributed by atoms with van der Waals surface area (Å²) in [4.78, 5) is 16.0. The molecular formula is C15H21ClN2O3S. The van der Waals surface area contributed by atoms with Crippen molar-refractivity contribution in [1.29, 1.82) is 0 Å². The van der Waals surface area contributed by atoms with Crippen LogP contribution in [0, 0.1) is 5.92 Å². The van der Waals surface area contributed by atoms with E-state index in [1.54, 1.807) is 6.07 Å². The molecule has 1 aromatic heterocycles. The van der Waals surface area contributed by atoms with Gasteiger partial charge < -0.3 is 5.32 Å². The standard InChI is InChI=1S/C15H21ClN2O3S/c1-11(14(19)18-10-12-6-3-2-4-7-12)22(20,21)15-13(16)8-5-9-17-15/h5,8-9,11-12H,2-4,6-7,10H2,1H3,(H,18,19). The van der Waals surface area contributed by atoms with Gasteiger partial charge in [0.2, 0.25) is 15.7 Å². The molecule has 1 atom stereocenters. The predicted molar refractivity (Wildman–Crippen MR) is 85.5 cm³/mol. The molecule has 1 heterocycles. The van der Waals surface area contributed by atoms with Gasteiger partial charge in [0, 0.05) is 12.7 Å². The maximum Gasteiger partial charge on any atom is 0.238 e. The van der Waals surface area contributed by atoms with E-state index in [4.69, 9.17) is 11.6 Å². The summed E-state index contributed by atoms with van der Waals surface area (Å²) < 4.78 is 24.9. The number of sulfone groups is 1. The highest BCUT2D eigenvalue weighted by atomic mass is 35.5. The van der Waals surface area contributed by atoms with Crippen molar-refractivity contribution in [3.8, 4) is 0 Å². The van der Waals surface area contributed by atoms with Gasteiger partial charge in [0.25, 0.3) is 0 Å². The van der Waals surface area contributed by atoms with Crippen LogP contribution in [0.25, 0.3) is 0 Å². The molecule has 1 aliphatic carbocycles. The zero-order chi connectivity index (χ0) is 16.2. The molecule has 0 bridgehead atoms. The van der Waals surface area contributed by atoms with E-state index in [1.807, 2.05) is 0 Å². The van der Waals surface area contributed by atoms with Crippen LogP contribution in [0.15, 0.2) is 23.4 Å². The summed E-state index contributed by atoms with van der Waals surface area (Å²) in [6.45, 7) is 1.91. The van der Waals surface area contributed by atoms with Crippen molar-refractivity contribution < 1.29 is 13.2 Å². The number of hydrogen-bond acceptors (Lipinski definition) is 4. The lowest BCUT2D eigenvalue weighted by Gasteiger charge is -2.22. The van der Waals surface area contributed by atoms with Crippen molar-refractivity contribution >= 4 is 27.3 Å².